The van der Waals surface area contributed by atoms with Gasteiger partial charge in [-0.05, 0) is 25.3 Å². The van der Waals surface area contributed by atoms with Crippen LogP contribution >= 0.6 is 0 Å². The third kappa shape index (κ3) is 4.22. The lowest BCUT2D eigenvalue weighted by atomic mass is 10.0. The number of ether oxygens (including phenoxy) is 1. The number of nitrogens with zero attached hydrogens (tertiary/aromatic N) is 3. The SMILES string of the molecule is N#Cc1c(C(F)(F)F)cc(/C(C=N)=C/NC2CCOCC2)nc1N1CCC1. The topological polar surface area (TPSA) is 85.0 Å². The minimum atomic E-state index is -4.68. The van der Waals surface area contributed by atoms with Gasteiger partial charge in [0.2, 0.25) is 0 Å². The summed E-state index contributed by atoms with van der Waals surface area (Å²) >= 11 is 0. The van der Waals surface area contributed by atoms with Gasteiger partial charge in [-0.1, -0.05) is 0 Å². The number of nitriles is 1. The number of allylic oxidation sites excluding steroid dienone is 1. The lowest BCUT2D eigenvalue weighted by molar-refractivity contribution is -0.137. The van der Waals surface area contributed by atoms with Gasteiger partial charge in [-0.15, -0.1) is 0 Å². The van der Waals surface area contributed by atoms with Crippen LogP contribution in [0.5, 0.6) is 0 Å². The zero-order valence-electron chi connectivity index (χ0n) is 14.6. The molecule has 0 saturated carbocycles. The second-order valence-corrected chi connectivity index (χ2v) is 6.50. The fourth-order valence-electron chi connectivity index (χ4n) is 3.03. The summed E-state index contributed by atoms with van der Waals surface area (Å²) in [6.07, 6.45) is 0.239. The third-order valence-electron chi connectivity index (χ3n) is 4.72. The fraction of sp³-hybridized carbons (Fsp3) is 0.500. The van der Waals surface area contributed by atoms with Crippen LogP contribution in [0, 0.1) is 16.7 Å². The van der Waals surface area contributed by atoms with Crippen LogP contribution in [0.4, 0.5) is 19.0 Å². The maximum Gasteiger partial charge on any atom is 0.417 e. The highest BCUT2D eigenvalue weighted by molar-refractivity contribution is 6.07. The Kier molecular flexibility index (Phi) is 5.65. The van der Waals surface area contributed by atoms with E-state index in [9.17, 15) is 18.4 Å². The molecule has 0 radical (unpaired) electrons. The van der Waals surface area contributed by atoms with Crippen molar-refractivity contribution < 1.29 is 17.9 Å². The molecule has 0 amide bonds. The molecule has 2 fully saturated rings. The minimum Gasteiger partial charge on any atom is -0.387 e. The number of hydrogen-bond donors (Lipinski definition) is 2. The van der Waals surface area contributed by atoms with Crippen LogP contribution in [-0.4, -0.2) is 43.5 Å². The number of halogens is 3. The Labute approximate surface area is 155 Å². The summed E-state index contributed by atoms with van der Waals surface area (Å²) in [5, 5.41) is 20.1. The van der Waals surface area contributed by atoms with Gasteiger partial charge >= 0.3 is 6.18 Å². The third-order valence-corrected chi connectivity index (χ3v) is 4.72. The molecule has 0 unspecified atom stereocenters. The van der Waals surface area contributed by atoms with E-state index < -0.39 is 17.3 Å². The average molecular weight is 379 g/mol. The number of aromatic nitrogens is 1. The Morgan fingerprint density at radius 3 is 2.59 bits per heavy atom. The highest BCUT2D eigenvalue weighted by atomic mass is 19.4. The van der Waals surface area contributed by atoms with Gasteiger partial charge < -0.3 is 20.4 Å². The summed E-state index contributed by atoms with van der Waals surface area (Å²) in [5.74, 6) is 0.0346. The molecule has 2 N–H and O–H groups in total. The molecule has 3 rings (SSSR count). The molecule has 144 valence electrons. The molecule has 1 aromatic heterocycles. The molecule has 0 bridgehead atoms. The van der Waals surface area contributed by atoms with Crippen molar-refractivity contribution in [2.24, 2.45) is 0 Å². The van der Waals surface area contributed by atoms with Gasteiger partial charge in [-0.25, -0.2) is 4.98 Å². The van der Waals surface area contributed by atoms with Crippen LogP contribution in [0.3, 0.4) is 0 Å². The number of anilines is 1. The predicted molar refractivity (Wildman–Crippen MR) is 94.5 cm³/mol. The zero-order valence-corrected chi connectivity index (χ0v) is 14.6. The van der Waals surface area contributed by atoms with Crippen LogP contribution in [0.1, 0.15) is 36.1 Å². The Balaban J connectivity index is 1.99. The first-order valence-electron chi connectivity index (χ1n) is 8.76. The van der Waals surface area contributed by atoms with Crippen molar-refractivity contribution in [3.8, 4) is 6.07 Å². The van der Waals surface area contributed by atoms with E-state index in [1.807, 2.05) is 0 Å². The number of rotatable bonds is 5. The molecule has 6 nitrogen and oxygen atoms in total. The Hall–Kier alpha value is -2.60. The number of alkyl halides is 3. The van der Waals surface area contributed by atoms with E-state index >= 15 is 0 Å². The van der Waals surface area contributed by atoms with E-state index in [0.717, 1.165) is 31.5 Å². The van der Waals surface area contributed by atoms with Crippen LogP contribution in [0.15, 0.2) is 12.3 Å². The summed E-state index contributed by atoms with van der Waals surface area (Å²) in [6.45, 7) is 2.37. The summed E-state index contributed by atoms with van der Waals surface area (Å²) < 4.78 is 45.8. The van der Waals surface area contributed by atoms with E-state index in [1.54, 1.807) is 11.0 Å². The monoisotopic (exact) mass is 379 g/mol. The lowest BCUT2D eigenvalue weighted by Gasteiger charge is -2.33. The van der Waals surface area contributed by atoms with Crippen molar-refractivity contribution in [2.75, 3.05) is 31.2 Å². The molecule has 0 spiro atoms. The van der Waals surface area contributed by atoms with Gasteiger partial charge in [0.15, 0.2) is 0 Å². The van der Waals surface area contributed by atoms with Gasteiger partial charge in [0, 0.05) is 50.3 Å². The van der Waals surface area contributed by atoms with Crippen LogP contribution in [0.2, 0.25) is 0 Å². The van der Waals surface area contributed by atoms with Crippen molar-refractivity contribution >= 4 is 17.6 Å². The van der Waals surface area contributed by atoms with E-state index in [4.69, 9.17) is 10.1 Å². The normalized spacial score (nSPS) is 18.6. The lowest BCUT2D eigenvalue weighted by Crippen LogP contribution is -2.38. The van der Waals surface area contributed by atoms with Gasteiger partial charge in [0.25, 0.3) is 0 Å². The van der Waals surface area contributed by atoms with Gasteiger partial charge in [0.1, 0.15) is 17.5 Å². The van der Waals surface area contributed by atoms with Crippen molar-refractivity contribution in [3.05, 3.63) is 29.1 Å². The van der Waals surface area contributed by atoms with Crippen LogP contribution in [0.25, 0.3) is 5.57 Å². The molecule has 0 aliphatic carbocycles. The number of hydrogen-bond acceptors (Lipinski definition) is 6. The maximum atomic E-state index is 13.5. The molecule has 0 aromatic carbocycles. The second kappa shape index (κ2) is 7.96. The molecule has 1 aromatic rings. The molecular weight excluding hydrogens is 359 g/mol. The van der Waals surface area contributed by atoms with Crippen LogP contribution in [-0.2, 0) is 10.9 Å². The molecule has 0 atom stereocenters. The number of nitrogens with one attached hydrogen (secondary N) is 2. The number of pyridine rings is 1. The molecule has 2 aliphatic heterocycles. The highest BCUT2D eigenvalue weighted by Crippen LogP contribution is 2.37. The first-order chi connectivity index (χ1) is 12.9. The summed E-state index contributed by atoms with van der Waals surface area (Å²) in [7, 11) is 0. The molecule has 9 heteroatoms. The smallest absolute Gasteiger partial charge is 0.387 e. The van der Waals surface area contributed by atoms with Gasteiger partial charge in [0.05, 0.1) is 11.3 Å². The van der Waals surface area contributed by atoms with E-state index in [-0.39, 0.29) is 23.1 Å². The maximum absolute atomic E-state index is 13.5. The largest absolute Gasteiger partial charge is 0.417 e. The summed E-state index contributed by atoms with van der Waals surface area (Å²) in [5.41, 5.74) is -1.22. The quantitative estimate of drug-likeness (QED) is 0.769. The van der Waals surface area contributed by atoms with Gasteiger partial charge in [-0.3, -0.25) is 0 Å². The van der Waals surface area contributed by atoms with Crippen molar-refractivity contribution in [3.63, 3.8) is 0 Å². The molecule has 2 aliphatic rings. The van der Waals surface area contributed by atoms with E-state index in [2.05, 4.69) is 10.3 Å². The molecule has 2 saturated heterocycles. The van der Waals surface area contributed by atoms with Crippen LogP contribution < -0.4 is 10.2 Å². The first kappa shape index (κ1) is 19.2. The predicted octanol–water partition coefficient (Wildman–Crippen LogP) is 2.94. The standard InChI is InChI=1S/C18H20F3N5O/c19-18(20,21)15-8-16(25-17(14(15)10-23)26-4-1-5-26)12(9-22)11-24-13-2-6-27-7-3-13/h8-9,11,13,22,24H,1-7H2/b12-11+,22-9?. The van der Waals surface area contributed by atoms with Crippen molar-refractivity contribution in [2.45, 2.75) is 31.5 Å². The minimum absolute atomic E-state index is 0.0257. The zero-order chi connectivity index (χ0) is 19.4. The summed E-state index contributed by atoms with van der Waals surface area (Å²) in [6, 6.07) is 2.65. The highest BCUT2D eigenvalue weighted by Gasteiger charge is 2.37. The van der Waals surface area contributed by atoms with Crippen molar-refractivity contribution in [1.29, 1.82) is 10.7 Å². The molecule has 27 heavy (non-hydrogen) atoms. The van der Waals surface area contributed by atoms with E-state index in [1.165, 1.54) is 6.20 Å². The Morgan fingerprint density at radius 1 is 1.37 bits per heavy atom. The second-order valence-electron chi connectivity index (χ2n) is 6.50. The Morgan fingerprint density at radius 2 is 2.07 bits per heavy atom. The fourth-order valence-corrected chi connectivity index (χ4v) is 3.03. The Bertz CT molecular complexity index is 774. The first-order valence-corrected chi connectivity index (χ1v) is 8.76. The van der Waals surface area contributed by atoms with Crippen molar-refractivity contribution in [1.82, 2.24) is 10.3 Å². The average Bonchev–Trinajstić information content (AvgIpc) is 2.60. The summed E-state index contributed by atoms with van der Waals surface area (Å²) in [4.78, 5) is 5.95. The van der Waals surface area contributed by atoms with E-state index in [0.29, 0.717) is 26.3 Å². The van der Waals surface area contributed by atoms with Gasteiger partial charge in [-0.2, -0.15) is 18.4 Å². The molecule has 3 heterocycles. The molecular formula is C18H20F3N5O.